The van der Waals surface area contributed by atoms with Crippen LogP contribution in [0.4, 0.5) is 0 Å². The Bertz CT molecular complexity index is 573. The van der Waals surface area contributed by atoms with E-state index < -0.39 is 12.0 Å². The third-order valence-electron chi connectivity index (χ3n) is 3.59. The van der Waals surface area contributed by atoms with E-state index in [1.54, 1.807) is 24.3 Å². The normalized spacial score (nSPS) is 17.3. The molecule has 1 aromatic carbocycles. The number of hydrogen-bond acceptors (Lipinski definition) is 3. The Hall–Kier alpha value is -1.89. The Morgan fingerprint density at radius 1 is 1.27 bits per heavy atom. The number of likely N-dealkylation sites (tertiary alicyclic amines) is 1. The monoisotopic (exact) mass is 368 g/mol. The van der Waals surface area contributed by atoms with Crippen LogP contribution in [-0.2, 0) is 9.59 Å². The lowest BCUT2D eigenvalue weighted by atomic mass is 10.2. The Morgan fingerprint density at radius 3 is 2.59 bits per heavy atom. The standard InChI is InChI=1S/C15H17BrN2O4/c16-11-5-3-10(4-6-11)14(20)17-8-7-13(19)18-9-1-2-12(18)15(21)22/h3-6,12H,1-2,7-9H2,(H,17,20)(H,21,22)/t12-/m1/s1. The topological polar surface area (TPSA) is 86.7 Å². The molecule has 118 valence electrons. The van der Waals surface area contributed by atoms with E-state index in [0.29, 0.717) is 24.9 Å². The van der Waals surface area contributed by atoms with Crippen LogP contribution in [0.5, 0.6) is 0 Å². The molecule has 2 N–H and O–H groups in total. The Kier molecular flexibility index (Phi) is 5.54. The second-order valence-corrected chi connectivity index (χ2v) is 6.01. The van der Waals surface area contributed by atoms with Gasteiger partial charge in [0.2, 0.25) is 5.91 Å². The fraction of sp³-hybridized carbons (Fsp3) is 0.400. The number of carboxylic acids is 1. The van der Waals surface area contributed by atoms with Crippen molar-refractivity contribution < 1.29 is 19.5 Å². The van der Waals surface area contributed by atoms with Gasteiger partial charge in [-0.25, -0.2) is 4.79 Å². The summed E-state index contributed by atoms with van der Waals surface area (Å²) in [5.41, 5.74) is 0.514. The number of carboxylic acid groups (broad SMARTS) is 1. The van der Waals surface area contributed by atoms with Gasteiger partial charge in [0.05, 0.1) is 0 Å². The van der Waals surface area contributed by atoms with Crippen molar-refractivity contribution in [1.29, 1.82) is 0 Å². The minimum atomic E-state index is -0.968. The zero-order chi connectivity index (χ0) is 16.1. The number of amides is 2. The van der Waals surface area contributed by atoms with E-state index >= 15 is 0 Å². The van der Waals surface area contributed by atoms with Gasteiger partial charge < -0.3 is 15.3 Å². The fourth-order valence-corrected chi connectivity index (χ4v) is 2.72. The molecule has 0 spiro atoms. The zero-order valence-corrected chi connectivity index (χ0v) is 13.5. The number of carbonyl (C=O) groups excluding carboxylic acids is 2. The Labute approximate surface area is 136 Å². The maximum absolute atomic E-state index is 12.0. The maximum Gasteiger partial charge on any atom is 0.326 e. The summed E-state index contributed by atoms with van der Waals surface area (Å²) in [5, 5.41) is 11.7. The van der Waals surface area contributed by atoms with Gasteiger partial charge in [-0.15, -0.1) is 0 Å². The molecular weight excluding hydrogens is 352 g/mol. The molecule has 1 fully saturated rings. The van der Waals surface area contributed by atoms with Crippen molar-refractivity contribution in [3.05, 3.63) is 34.3 Å². The fourth-order valence-electron chi connectivity index (χ4n) is 2.45. The molecule has 22 heavy (non-hydrogen) atoms. The van der Waals surface area contributed by atoms with E-state index in [4.69, 9.17) is 5.11 Å². The molecule has 0 saturated carbocycles. The number of nitrogens with one attached hydrogen (secondary N) is 1. The average molecular weight is 369 g/mol. The first-order valence-corrected chi connectivity index (χ1v) is 7.84. The van der Waals surface area contributed by atoms with Crippen molar-refractivity contribution in [2.24, 2.45) is 0 Å². The van der Waals surface area contributed by atoms with Crippen LogP contribution in [0.3, 0.4) is 0 Å². The molecule has 7 heteroatoms. The number of aliphatic carboxylic acids is 1. The predicted molar refractivity (Wildman–Crippen MR) is 83.5 cm³/mol. The summed E-state index contributed by atoms with van der Waals surface area (Å²) in [5.74, 6) is -1.46. The molecule has 1 aliphatic heterocycles. The van der Waals surface area contributed by atoms with Crippen LogP contribution in [0.1, 0.15) is 29.6 Å². The van der Waals surface area contributed by atoms with Gasteiger partial charge in [0.1, 0.15) is 6.04 Å². The van der Waals surface area contributed by atoms with Crippen LogP contribution in [0.15, 0.2) is 28.7 Å². The van der Waals surface area contributed by atoms with Crippen LogP contribution >= 0.6 is 15.9 Å². The van der Waals surface area contributed by atoms with Gasteiger partial charge in [0.25, 0.3) is 5.91 Å². The molecular formula is C15H17BrN2O4. The van der Waals surface area contributed by atoms with Gasteiger partial charge in [-0.3, -0.25) is 9.59 Å². The molecule has 0 unspecified atom stereocenters. The van der Waals surface area contributed by atoms with Crippen molar-refractivity contribution in [2.75, 3.05) is 13.1 Å². The highest BCUT2D eigenvalue weighted by Crippen LogP contribution is 2.18. The van der Waals surface area contributed by atoms with Crippen molar-refractivity contribution in [2.45, 2.75) is 25.3 Å². The van der Waals surface area contributed by atoms with Crippen LogP contribution in [0.2, 0.25) is 0 Å². The molecule has 1 aliphatic rings. The third kappa shape index (κ3) is 4.07. The Morgan fingerprint density at radius 2 is 1.95 bits per heavy atom. The number of nitrogens with zero attached hydrogens (tertiary/aromatic N) is 1. The summed E-state index contributed by atoms with van der Waals surface area (Å²) >= 11 is 3.29. The molecule has 0 bridgehead atoms. The summed E-state index contributed by atoms with van der Waals surface area (Å²) in [6.07, 6.45) is 1.30. The first-order valence-electron chi connectivity index (χ1n) is 7.05. The van der Waals surface area contributed by atoms with Gasteiger partial charge >= 0.3 is 5.97 Å². The molecule has 1 aromatic rings. The maximum atomic E-state index is 12.0. The molecule has 1 saturated heterocycles. The van der Waals surface area contributed by atoms with E-state index in [-0.39, 0.29) is 24.8 Å². The minimum Gasteiger partial charge on any atom is -0.480 e. The van der Waals surface area contributed by atoms with Gasteiger partial charge in [0, 0.05) is 29.5 Å². The number of benzene rings is 1. The quantitative estimate of drug-likeness (QED) is 0.826. The second kappa shape index (κ2) is 7.40. The summed E-state index contributed by atoms with van der Waals surface area (Å²) in [4.78, 5) is 36.3. The SMILES string of the molecule is O=C(NCCC(=O)N1CCC[C@@H]1C(=O)O)c1ccc(Br)cc1. The first-order chi connectivity index (χ1) is 10.5. The van der Waals surface area contributed by atoms with Gasteiger partial charge in [-0.05, 0) is 37.1 Å². The van der Waals surface area contributed by atoms with Crippen LogP contribution in [0.25, 0.3) is 0 Å². The lowest BCUT2D eigenvalue weighted by Gasteiger charge is -2.21. The first kappa shape index (κ1) is 16.5. The highest BCUT2D eigenvalue weighted by Gasteiger charge is 2.33. The van der Waals surface area contributed by atoms with Crippen molar-refractivity contribution in [3.63, 3.8) is 0 Å². The lowest BCUT2D eigenvalue weighted by molar-refractivity contribution is -0.148. The second-order valence-electron chi connectivity index (χ2n) is 5.10. The summed E-state index contributed by atoms with van der Waals surface area (Å²) in [6, 6.07) is 6.17. The Balaban J connectivity index is 1.80. The van der Waals surface area contributed by atoms with Crippen molar-refractivity contribution in [1.82, 2.24) is 10.2 Å². The summed E-state index contributed by atoms with van der Waals surface area (Å²) < 4.78 is 0.882. The van der Waals surface area contributed by atoms with Crippen LogP contribution in [0, 0.1) is 0 Å². The van der Waals surface area contributed by atoms with Gasteiger partial charge in [0.15, 0.2) is 0 Å². The minimum absolute atomic E-state index is 0.103. The largest absolute Gasteiger partial charge is 0.480 e. The van der Waals surface area contributed by atoms with E-state index in [1.807, 2.05) is 0 Å². The summed E-state index contributed by atoms with van der Waals surface area (Å²) in [7, 11) is 0. The number of halogens is 1. The van der Waals surface area contributed by atoms with Gasteiger partial charge in [-0.2, -0.15) is 0 Å². The average Bonchev–Trinajstić information content (AvgIpc) is 2.97. The molecule has 0 aromatic heterocycles. The zero-order valence-electron chi connectivity index (χ0n) is 11.9. The lowest BCUT2D eigenvalue weighted by Crippen LogP contribution is -2.41. The molecule has 1 heterocycles. The van der Waals surface area contributed by atoms with E-state index in [2.05, 4.69) is 21.2 Å². The van der Waals surface area contributed by atoms with E-state index in [1.165, 1.54) is 4.90 Å². The van der Waals surface area contributed by atoms with Gasteiger partial charge in [-0.1, -0.05) is 15.9 Å². The highest BCUT2D eigenvalue weighted by atomic mass is 79.9. The molecule has 2 rings (SSSR count). The van der Waals surface area contributed by atoms with Crippen molar-refractivity contribution in [3.8, 4) is 0 Å². The third-order valence-corrected chi connectivity index (χ3v) is 4.12. The van der Waals surface area contributed by atoms with E-state index in [9.17, 15) is 14.4 Å². The molecule has 0 radical (unpaired) electrons. The van der Waals surface area contributed by atoms with Crippen molar-refractivity contribution >= 4 is 33.7 Å². The smallest absolute Gasteiger partial charge is 0.326 e. The molecule has 1 atom stereocenters. The van der Waals surface area contributed by atoms with Crippen LogP contribution in [-0.4, -0.2) is 46.9 Å². The number of carbonyl (C=O) groups is 3. The number of hydrogen-bond donors (Lipinski definition) is 2. The summed E-state index contributed by atoms with van der Waals surface area (Å²) in [6.45, 7) is 0.660. The highest BCUT2D eigenvalue weighted by molar-refractivity contribution is 9.10. The predicted octanol–water partition coefficient (Wildman–Crippen LogP) is 1.64. The molecule has 0 aliphatic carbocycles. The number of rotatable bonds is 5. The van der Waals surface area contributed by atoms with Crippen LogP contribution < -0.4 is 5.32 Å². The molecule has 6 nitrogen and oxygen atoms in total. The molecule has 2 amide bonds. The van der Waals surface area contributed by atoms with E-state index in [0.717, 1.165) is 4.47 Å².